The third-order valence-electron chi connectivity index (χ3n) is 5.98. The number of rotatable bonds is 8. The molecule has 1 aliphatic carbocycles. The molecule has 34 heavy (non-hydrogen) atoms. The molecule has 0 amide bonds. The molecule has 4 rings (SSSR count). The molecule has 2 aromatic carbocycles. The van der Waals surface area contributed by atoms with Gasteiger partial charge in [-0.05, 0) is 68.5 Å². The molecule has 0 saturated heterocycles. The number of ether oxygens (including phenoxy) is 1. The Morgan fingerprint density at radius 2 is 1.76 bits per heavy atom. The number of hydrogen-bond acceptors (Lipinski definition) is 6. The van der Waals surface area contributed by atoms with Crippen LogP contribution in [0.3, 0.4) is 0 Å². The number of alkyl halides is 3. The van der Waals surface area contributed by atoms with Gasteiger partial charge in [0.1, 0.15) is 11.6 Å². The van der Waals surface area contributed by atoms with Gasteiger partial charge in [0.25, 0.3) is 0 Å². The van der Waals surface area contributed by atoms with Crippen LogP contribution in [0.4, 0.5) is 24.9 Å². The van der Waals surface area contributed by atoms with Gasteiger partial charge < -0.3 is 20.7 Å². The van der Waals surface area contributed by atoms with Gasteiger partial charge in [-0.25, -0.2) is 4.98 Å². The number of para-hydroxylation sites is 1. The van der Waals surface area contributed by atoms with E-state index in [1.54, 1.807) is 12.1 Å². The van der Waals surface area contributed by atoms with E-state index in [1.165, 1.54) is 6.07 Å². The number of nitrogens with one attached hydrogen (secondary N) is 3. The molecule has 0 radical (unpaired) electrons. The van der Waals surface area contributed by atoms with E-state index in [4.69, 9.17) is 0 Å². The van der Waals surface area contributed by atoms with Gasteiger partial charge >= 0.3 is 6.36 Å². The maximum atomic E-state index is 12.7. The van der Waals surface area contributed by atoms with Crippen LogP contribution in [0.2, 0.25) is 0 Å². The van der Waals surface area contributed by atoms with Gasteiger partial charge in [0.05, 0.1) is 5.52 Å². The van der Waals surface area contributed by atoms with Gasteiger partial charge in [-0.15, -0.1) is 13.2 Å². The topological polar surface area (TPSA) is 71.1 Å². The molecule has 1 saturated carbocycles. The zero-order chi connectivity index (χ0) is 24.1. The summed E-state index contributed by atoms with van der Waals surface area (Å²) in [4.78, 5) is 9.26. The monoisotopic (exact) mass is 537 g/mol. The first-order valence-electron chi connectivity index (χ1n) is 11.3. The lowest BCUT2D eigenvalue weighted by atomic mass is 9.91. The lowest BCUT2D eigenvalue weighted by Gasteiger charge is -2.30. The second-order valence-electron chi connectivity index (χ2n) is 8.36. The molecule has 3 N–H and O–H groups in total. The van der Waals surface area contributed by atoms with E-state index in [1.807, 2.05) is 31.3 Å². The molecule has 0 atom stereocenters. The van der Waals surface area contributed by atoms with Crippen molar-refractivity contribution in [2.45, 2.75) is 50.6 Å². The van der Waals surface area contributed by atoms with Crippen molar-refractivity contribution in [1.82, 2.24) is 15.3 Å². The van der Waals surface area contributed by atoms with Crippen LogP contribution in [0.5, 0.6) is 5.75 Å². The Labute approximate surface area is 204 Å². The van der Waals surface area contributed by atoms with Crippen molar-refractivity contribution in [2.75, 3.05) is 24.2 Å². The Kier molecular flexibility index (Phi) is 7.77. The molecule has 1 aromatic heterocycles. The summed E-state index contributed by atoms with van der Waals surface area (Å²) in [6.45, 7) is 0.581. The molecule has 182 valence electrons. The molecule has 1 aliphatic rings. The molecule has 0 unspecified atom stereocenters. The molecule has 10 heteroatoms. The number of halogens is 4. The zero-order valence-corrected chi connectivity index (χ0v) is 20.3. The number of aromatic nitrogens is 2. The average Bonchev–Trinajstić information content (AvgIpc) is 2.80. The van der Waals surface area contributed by atoms with Crippen molar-refractivity contribution in [1.29, 1.82) is 0 Å². The molecule has 3 aromatic rings. The molecule has 0 spiro atoms. The van der Waals surface area contributed by atoms with Gasteiger partial charge in [-0.1, -0.05) is 34.1 Å². The second kappa shape index (κ2) is 10.8. The molecule has 0 bridgehead atoms. The normalized spacial score (nSPS) is 18.6. The van der Waals surface area contributed by atoms with Gasteiger partial charge in [0, 0.05) is 29.0 Å². The minimum Gasteiger partial charge on any atom is -0.405 e. The smallest absolute Gasteiger partial charge is 0.405 e. The van der Waals surface area contributed by atoms with E-state index >= 15 is 0 Å². The van der Waals surface area contributed by atoms with E-state index in [2.05, 4.69) is 46.6 Å². The summed E-state index contributed by atoms with van der Waals surface area (Å²) in [6.07, 6.45) is -0.397. The molecule has 1 heterocycles. The largest absolute Gasteiger partial charge is 0.573 e. The summed E-state index contributed by atoms with van der Waals surface area (Å²) in [7, 11) is 1.85. The van der Waals surface area contributed by atoms with Crippen molar-refractivity contribution in [3.8, 4) is 5.75 Å². The number of fused-ring (bicyclic) bond motifs is 1. The van der Waals surface area contributed by atoms with Crippen LogP contribution >= 0.6 is 15.9 Å². The number of hydrogen-bond donors (Lipinski definition) is 3. The Hall–Kier alpha value is -2.59. The van der Waals surface area contributed by atoms with Crippen molar-refractivity contribution in [3.63, 3.8) is 0 Å². The van der Waals surface area contributed by atoms with Gasteiger partial charge in [-0.2, -0.15) is 4.98 Å². The second-order valence-corrected chi connectivity index (χ2v) is 9.28. The summed E-state index contributed by atoms with van der Waals surface area (Å²) < 4.78 is 42.9. The minimum absolute atomic E-state index is 0.159. The highest BCUT2D eigenvalue weighted by Crippen LogP contribution is 2.30. The van der Waals surface area contributed by atoms with E-state index in [0.29, 0.717) is 35.0 Å². The highest BCUT2D eigenvalue weighted by atomic mass is 79.9. The fourth-order valence-corrected chi connectivity index (χ4v) is 4.66. The van der Waals surface area contributed by atoms with Crippen LogP contribution in [0.25, 0.3) is 10.9 Å². The molecular weight excluding hydrogens is 511 g/mol. The van der Waals surface area contributed by atoms with Crippen molar-refractivity contribution >= 4 is 38.6 Å². The van der Waals surface area contributed by atoms with Crippen LogP contribution < -0.4 is 20.7 Å². The first-order chi connectivity index (χ1) is 16.3. The van der Waals surface area contributed by atoms with Crippen LogP contribution in [-0.2, 0) is 6.42 Å². The Balaban J connectivity index is 1.27. The van der Waals surface area contributed by atoms with Crippen LogP contribution in [-0.4, -0.2) is 42.0 Å². The minimum atomic E-state index is -4.71. The fraction of sp³-hybridized carbons (Fsp3) is 0.417. The van der Waals surface area contributed by atoms with Gasteiger partial charge in [-0.3, -0.25) is 0 Å². The highest BCUT2D eigenvalue weighted by molar-refractivity contribution is 9.10. The zero-order valence-electron chi connectivity index (χ0n) is 18.8. The van der Waals surface area contributed by atoms with Crippen LogP contribution in [0.1, 0.15) is 31.2 Å². The molecule has 6 nitrogen and oxygen atoms in total. The predicted octanol–water partition coefficient (Wildman–Crippen LogP) is 5.89. The highest BCUT2D eigenvalue weighted by Gasteiger charge is 2.32. The summed E-state index contributed by atoms with van der Waals surface area (Å²) in [5, 5.41) is 11.1. The molecule has 0 aliphatic heterocycles. The lowest BCUT2D eigenvalue weighted by Crippen LogP contribution is -2.38. The predicted molar refractivity (Wildman–Crippen MR) is 131 cm³/mol. The van der Waals surface area contributed by atoms with E-state index in [-0.39, 0.29) is 11.8 Å². The first kappa shape index (κ1) is 24.5. The van der Waals surface area contributed by atoms with E-state index < -0.39 is 6.36 Å². The summed E-state index contributed by atoms with van der Waals surface area (Å²) in [5.41, 5.74) is 1.42. The average molecular weight is 538 g/mol. The number of benzene rings is 2. The van der Waals surface area contributed by atoms with E-state index in [0.717, 1.165) is 42.4 Å². The maximum absolute atomic E-state index is 12.7. The third-order valence-corrected chi connectivity index (χ3v) is 6.48. The van der Waals surface area contributed by atoms with Gasteiger partial charge in [0.2, 0.25) is 5.95 Å². The third kappa shape index (κ3) is 6.50. The van der Waals surface area contributed by atoms with Crippen molar-refractivity contribution in [3.05, 3.63) is 52.5 Å². The summed E-state index contributed by atoms with van der Waals surface area (Å²) >= 11 is 3.20. The first-order valence-corrected chi connectivity index (χ1v) is 12.1. The molecule has 1 fully saturated rings. The summed E-state index contributed by atoms with van der Waals surface area (Å²) in [5.74, 6) is 1.25. The Morgan fingerprint density at radius 3 is 2.50 bits per heavy atom. The number of nitrogens with zero attached hydrogens (tertiary/aromatic N) is 2. The van der Waals surface area contributed by atoms with Gasteiger partial charge in [0.15, 0.2) is 0 Å². The Morgan fingerprint density at radius 1 is 1.03 bits per heavy atom. The number of anilines is 2. The van der Waals surface area contributed by atoms with Crippen LogP contribution in [0, 0.1) is 0 Å². The SMILES string of the molecule is CNc1nc(N[C@H]2CC[C@@H](NCCc3ccc(Br)cc3OC(F)(F)F)CC2)nc2ccccc12. The quantitative estimate of drug-likeness (QED) is 0.333. The Bertz CT molecular complexity index is 1120. The van der Waals surface area contributed by atoms with E-state index in [9.17, 15) is 13.2 Å². The standard InChI is InChI=1S/C24H27BrF3N5O/c1-29-22-19-4-2-3-5-20(19)32-23(33-22)31-18-10-8-17(9-11-18)30-13-12-15-6-7-16(25)14-21(15)34-24(26,27)28/h2-7,14,17-18,30H,8-13H2,1H3,(H2,29,31,32,33)/t17-,18+. The summed E-state index contributed by atoms with van der Waals surface area (Å²) in [6, 6.07) is 13.2. The molecular formula is C24H27BrF3N5O. The van der Waals surface area contributed by atoms with Crippen molar-refractivity contribution in [2.24, 2.45) is 0 Å². The maximum Gasteiger partial charge on any atom is 0.573 e. The van der Waals surface area contributed by atoms with Crippen LogP contribution in [0.15, 0.2) is 46.9 Å². The van der Waals surface area contributed by atoms with Crippen molar-refractivity contribution < 1.29 is 17.9 Å². The lowest BCUT2D eigenvalue weighted by molar-refractivity contribution is -0.274. The fourth-order valence-electron chi connectivity index (χ4n) is 4.32.